The van der Waals surface area contributed by atoms with Crippen molar-refractivity contribution in [2.24, 2.45) is 5.92 Å². The van der Waals surface area contributed by atoms with Gasteiger partial charge in [-0.25, -0.2) is 0 Å². The molecule has 0 amide bonds. The fraction of sp³-hybridized carbons (Fsp3) is 0.818. The smallest absolute Gasteiger partial charge is 0.169 e. The summed E-state index contributed by atoms with van der Waals surface area (Å²) in [6.07, 6.45) is 1.28. The van der Waals surface area contributed by atoms with E-state index in [-0.39, 0.29) is 15.6 Å². The molecule has 86 valence electrons. The monoisotopic (exact) mass is 246 g/mol. The zero-order valence-corrected chi connectivity index (χ0v) is 11.2. The Hall–Kier alpha value is 0.0400. The first-order chi connectivity index (χ1) is 7.07. The lowest BCUT2D eigenvalue weighted by atomic mass is 9.87. The molecule has 0 spiro atoms. The van der Waals surface area contributed by atoms with Gasteiger partial charge >= 0.3 is 0 Å². The van der Waals surface area contributed by atoms with E-state index in [1.165, 1.54) is 0 Å². The van der Waals surface area contributed by atoms with Crippen LogP contribution in [0.15, 0.2) is 0 Å². The normalized spacial score (nSPS) is 25.7. The fourth-order valence-corrected chi connectivity index (χ4v) is 5.00. The van der Waals surface area contributed by atoms with Crippen molar-refractivity contribution < 1.29 is 9.59 Å². The maximum Gasteiger partial charge on any atom is 0.169 e. The second kappa shape index (κ2) is 5.39. The van der Waals surface area contributed by atoms with E-state index in [0.717, 1.165) is 11.5 Å². The van der Waals surface area contributed by atoms with Crippen LogP contribution < -0.4 is 0 Å². The van der Waals surface area contributed by atoms with Crippen LogP contribution in [-0.2, 0) is 9.59 Å². The van der Waals surface area contributed by atoms with Gasteiger partial charge in [0.15, 0.2) is 5.78 Å². The summed E-state index contributed by atoms with van der Waals surface area (Å²) in [7, 11) is 0. The molecule has 1 aliphatic rings. The predicted octanol–water partition coefficient (Wildman–Crippen LogP) is 2.76. The number of rotatable bonds is 4. The van der Waals surface area contributed by atoms with E-state index in [1.54, 1.807) is 30.4 Å². The molecule has 0 radical (unpaired) electrons. The molecule has 1 aliphatic carbocycles. The van der Waals surface area contributed by atoms with Gasteiger partial charge in [0.05, 0.1) is 5.92 Å². The van der Waals surface area contributed by atoms with E-state index in [1.807, 2.05) is 0 Å². The van der Waals surface area contributed by atoms with Crippen LogP contribution >= 0.6 is 23.5 Å². The molecule has 2 nitrogen and oxygen atoms in total. The molecule has 0 bridgehead atoms. The molecule has 0 aliphatic heterocycles. The summed E-state index contributed by atoms with van der Waals surface area (Å²) in [6.45, 7) is 5.89. The molecule has 0 saturated heterocycles. The lowest BCUT2D eigenvalue weighted by molar-refractivity contribution is -0.134. The molecule has 0 aromatic rings. The second-order valence-electron chi connectivity index (χ2n) is 3.67. The van der Waals surface area contributed by atoms with Crippen molar-refractivity contribution in [3.8, 4) is 0 Å². The van der Waals surface area contributed by atoms with Crippen molar-refractivity contribution in [3.63, 3.8) is 0 Å². The van der Waals surface area contributed by atoms with Gasteiger partial charge < -0.3 is 0 Å². The molecule has 1 saturated carbocycles. The van der Waals surface area contributed by atoms with Crippen LogP contribution in [0, 0.1) is 5.92 Å². The Labute approximate surface area is 100.0 Å². The average Bonchev–Trinajstić information content (AvgIpc) is 2.22. The molecule has 1 unspecified atom stereocenters. The topological polar surface area (TPSA) is 34.1 Å². The summed E-state index contributed by atoms with van der Waals surface area (Å²) < 4.78 is -0.336. The van der Waals surface area contributed by atoms with Crippen molar-refractivity contribution in [1.82, 2.24) is 0 Å². The standard InChI is InChI=1S/C11H18O2S2/c1-4-14-11(15-5-2)7-6-9(12)8(3)10(11)13/h8H,4-7H2,1-3H3. The third kappa shape index (κ3) is 2.59. The number of carbonyl (C=O) groups excluding carboxylic acids is 2. The van der Waals surface area contributed by atoms with Crippen LogP contribution in [0.3, 0.4) is 0 Å². The minimum Gasteiger partial charge on any atom is -0.299 e. The lowest BCUT2D eigenvalue weighted by Gasteiger charge is -2.36. The largest absolute Gasteiger partial charge is 0.299 e. The Bertz CT molecular complexity index is 257. The molecule has 0 N–H and O–H groups in total. The molecule has 1 atom stereocenters. The number of thioether (sulfide) groups is 2. The maximum atomic E-state index is 12.2. The number of ketones is 2. The van der Waals surface area contributed by atoms with Gasteiger partial charge in [-0.1, -0.05) is 13.8 Å². The third-order valence-corrected chi connectivity index (χ3v) is 5.73. The number of hydrogen-bond donors (Lipinski definition) is 0. The summed E-state index contributed by atoms with van der Waals surface area (Å²) in [5, 5.41) is 0. The summed E-state index contributed by atoms with van der Waals surface area (Å²) >= 11 is 3.40. The van der Waals surface area contributed by atoms with E-state index >= 15 is 0 Å². The van der Waals surface area contributed by atoms with Gasteiger partial charge in [-0.05, 0) is 24.9 Å². The van der Waals surface area contributed by atoms with Crippen molar-refractivity contribution >= 4 is 35.1 Å². The average molecular weight is 246 g/mol. The van der Waals surface area contributed by atoms with Gasteiger partial charge in [0, 0.05) is 6.42 Å². The Balaban J connectivity index is 2.87. The quantitative estimate of drug-likeness (QED) is 0.564. The van der Waals surface area contributed by atoms with Gasteiger partial charge in [-0.15, -0.1) is 23.5 Å². The zero-order valence-electron chi connectivity index (χ0n) is 9.54. The minimum absolute atomic E-state index is 0.115. The molecule has 15 heavy (non-hydrogen) atoms. The van der Waals surface area contributed by atoms with E-state index in [2.05, 4.69) is 13.8 Å². The van der Waals surface area contributed by atoms with Crippen molar-refractivity contribution in [2.45, 2.75) is 37.7 Å². The van der Waals surface area contributed by atoms with E-state index in [0.29, 0.717) is 12.8 Å². The first-order valence-corrected chi connectivity index (χ1v) is 7.39. The summed E-state index contributed by atoms with van der Waals surface area (Å²) in [5.41, 5.74) is 0. The second-order valence-corrected chi connectivity index (χ2v) is 7.06. The third-order valence-electron chi connectivity index (χ3n) is 2.71. The van der Waals surface area contributed by atoms with Crippen molar-refractivity contribution in [3.05, 3.63) is 0 Å². The summed E-state index contributed by atoms with van der Waals surface area (Å²) in [6, 6.07) is 0. The van der Waals surface area contributed by atoms with Crippen LogP contribution in [0.2, 0.25) is 0 Å². The molecule has 0 heterocycles. The lowest BCUT2D eigenvalue weighted by Crippen LogP contribution is -2.44. The van der Waals surface area contributed by atoms with Crippen LogP contribution in [-0.4, -0.2) is 27.2 Å². The predicted molar refractivity (Wildman–Crippen MR) is 67.4 cm³/mol. The molecule has 0 aromatic heterocycles. The molecular weight excluding hydrogens is 228 g/mol. The zero-order chi connectivity index (χ0) is 11.5. The Morgan fingerprint density at radius 1 is 1.27 bits per heavy atom. The highest BCUT2D eigenvalue weighted by atomic mass is 32.2. The maximum absolute atomic E-state index is 12.2. The number of carbonyl (C=O) groups is 2. The van der Waals surface area contributed by atoms with Crippen LogP contribution in [0.1, 0.15) is 33.6 Å². The highest BCUT2D eigenvalue weighted by Crippen LogP contribution is 2.46. The molecular formula is C11H18O2S2. The first kappa shape index (κ1) is 13.1. The highest BCUT2D eigenvalue weighted by Gasteiger charge is 2.46. The van der Waals surface area contributed by atoms with Gasteiger partial charge in [-0.3, -0.25) is 9.59 Å². The van der Waals surface area contributed by atoms with Gasteiger partial charge in [0.2, 0.25) is 0 Å². The SMILES string of the molecule is CCSC1(SCC)CCC(=O)C(C)C1=O. The van der Waals surface area contributed by atoms with Crippen LogP contribution in [0.25, 0.3) is 0 Å². The Morgan fingerprint density at radius 2 is 1.80 bits per heavy atom. The molecule has 0 aromatic carbocycles. The Kier molecular flexibility index (Phi) is 4.71. The molecule has 1 fully saturated rings. The Morgan fingerprint density at radius 3 is 2.27 bits per heavy atom. The summed E-state index contributed by atoms with van der Waals surface area (Å²) in [4.78, 5) is 23.6. The summed E-state index contributed by atoms with van der Waals surface area (Å²) in [5.74, 6) is 1.72. The fourth-order valence-electron chi connectivity index (χ4n) is 1.90. The van der Waals surface area contributed by atoms with Crippen LogP contribution in [0.4, 0.5) is 0 Å². The first-order valence-electron chi connectivity index (χ1n) is 5.42. The highest BCUT2D eigenvalue weighted by molar-refractivity contribution is 8.19. The van der Waals surface area contributed by atoms with E-state index in [9.17, 15) is 9.59 Å². The number of hydrogen-bond acceptors (Lipinski definition) is 4. The molecule has 4 heteroatoms. The van der Waals surface area contributed by atoms with Gasteiger partial charge in [-0.2, -0.15) is 0 Å². The minimum atomic E-state index is -0.392. The van der Waals surface area contributed by atoms with E-state index in [4.69, 9.17) is 0 Å². The van der Waals surface area contributed by atoms with Gasteiger partial charge in [0.25, 0.3) is 0 Å². The van der Waals surface area contributed by atoms with Crippen molar-refractivity contribution in [2.75, 3.05) is 11.5 Å². The van der Waals surface area contributed by atoms with Crippen molar-refractivity contribution in [1.29, 1.82) is 0 Å². The molecule has 1 rings (SSSR count). The van der Waals surface area contributed by atoms with E-state index < -0.39 is 5.92 Å². The van der Waals surface area contributed by atoms with Gasteiger partial charge in [0.1, 0.15) is 9.86 Å². The number of Topliss-reactive ketones (excluding diaryl/α,β-unsaturated/α-hetero) is 2. The van der Waals surface area contributed by atoms with Crippen LogP contribution in [0.5, 0.6) is 0 Å².